The normalized spacial score (nSPS) is 19.1. The summed E-state index contributed by atoms with van der Waals surface area (Å²) in [6, 6.07) is 35.8. The van der Waals surface area contributed by atoms with Crippen molar-refractivity contribution in [3.8, 4) is 16.9 Å². The third-order valence-electron chi connectivity index (χ3n) is 8.60. The van der Waals surface area contributed by atoms with E-state index in [2.05, 4.69) is 93.6 Å². The first-order valence-corrected chi connectivity index (χ1v) is 20.3. The molecule has 0 saturated heterocycles. The predicted molar refractivity (Wildman–Crippen MR) is 167 cm³/mol. The minimum absolute atomic E-state index is 0.282. The summed E-state index contributed by atoms with van der Waals surface area (Å²) in [4.78, 5) is 5.12. The van der Waals surface area contributed by atoms with E-state index in [1.165, 1.54) is 12.8 Å². The molecule has 4 aromatic carbocycles. The Bertz CT molecular complexity index is 1340. The van der Waals surface area contributed by atoms with Crippen LogP contribution in [0.2, 0.25) is 0 Å². The number of rotatable bonds is 6. The molecule has 206 valence electrons. The minimum atomic E-state index is -0.826. The number of benzene rings is 4. The van der Waals surface area contributed by atoms with Crippen LogP contribution in [0.15, 0.2) is 108 Å². The van der Waals surface area contributed by atoms with E-state index < -0.39 is 26.3 Å². The van der Waals surface area contributed by atoms with Crippen molar-refractivity contribution in [2.75, 3.05) is 0 Å². The van der Waals surface area contributed by atoms with Gasteiger partial charge in [-0.3, -0.25) is 4.99 Å². The van der Waals surface area contributed by atoms with E-state index in [1.807, 2.05) is 36.5 Å². The first-order chi connectivity index (χ1) is 19.4. The number of hydrogen-bond acceptors (Lipinski definition) is 2. The number of aliphatic imine (C=N–C) groups is 1. The Balaban J connectivity index is 0.00000118. The second kappa shape index (κ2) is 14.6. The van der Waals surface area contributed by atoms with E-state index in [4.69, 9.17) is 22.0 Å². The molecular weight excluding hydrogens is 613 g/mol. The fourth-order valence-electron chi connectivity index (χ4n) is 5.97. The molecule has 0 aromatic heterocycles. The number of halogens is 2. The van der Waals surface area contributed by atoms with Crippen LogP contribution in [-0.2, 0) is 26.3 Å². The van der Waals surface area contributed by atoms with Crippen molar-refractivity contribution < 1.29 is 26.0 Å². The van der Waals surface area contributed by atoms with E-state index in [0.717, 1.165) is 39.8 Å². The molecule has 3 atom stereocenters. The van der Waals surface area contributed by atoms with Crippen LogP contribution < -0.4 is 0 Å². The summed E-state index contributed by atoms with van der Waals surface area (Å²) in [7, 11) is 9.87. The van der Waals surface area contributed by atoms with Gasteiger partial charge in [-0.1, -0.05) is 130 Å². The molecular formula is C35H37Cl2NOZr. The molecule has 1 aliphatic rings. The second-order valence-corrected chi connectivity index (χ2v) is 14.6. The fourth-order valence-corrected chi connectivity index (χ4v) is 5.97. The molecule has 1 fully saturated rings. The molecule has 5 heteroatoms. The molecule has 1 aliphatic carbocycles. The van der Waals surface area contributed by atoms with Crippen molar-refractivity contribution in [3.63, 3.8) is 0 Å². The molecule has 0 bridgehead atoms. The predicted octanol–water partition coefficient (Wildman–Crippen LogP) is 10.0. The van der Waals surface area contributed by atoms with Crippen LogP contribution in [0.3, 0.4) is 0 Å². The summed E-state index contributed by atoms with van der Waals surface area (Å²) in [5.41, 5.74) is 5.52. The van der Waals surface area contributed by atoms with E-state index >= 15 is 0 Å². The summed E-state index contributed by atoms with van der Waals surface area (Å²) in [6.45, 7) is 6.87. The molecule has 40 heavy (non-hydrogen) atoms. The van der Waals surface area contributed by atoms with Gasteiger partial charge >= 0.3 is 37.9 Å². The average molecular weight is 650 g/mol. The first kappa shape index (κ1) is 30.8. The number of aromatic hydroxyl groups is 1. The van der Waals surface area contributed by atoms with Gasteiger partial charge in [-0.15, -0.1) is 0 Å². The standard InChI is InChI=1S/C35H37NO.2ClH.Zr/c1-25-14-13-21-33(26(25)2)36-24-31-30(27-15-7-4-8-16-27)22-23-32(34(31)37)35(3,28-17-9-5-10-18-28)29-19-11-6-12-20-29;;;/h4-12,15-20,22-26,33,37H,13-14,21H2,1-3H3;2*1H;/q;;;+2/p-2. The second-order valence-electron chi connectivity index (χ2n) is 10.8. The van der Waals surface area contributed by atoms with Gasteiger partial charge in [-0.25, -0.2) is 0 Å². The van der Waals surface area contributed by atoms with Gasteiger partial charge in [0.2, 0.25) is 0 Å². The Morgan fingerprint density at radius 1 is 0.800 bits per heavy atom. The van der Waals surface area contributed by atoms with Crippen molar-refractivity contribution in [2.45, 2.75) is 51.5 Å². The summed E-state index contributed by atoms with van der Waals surface area (Å²) in [5.74, 6) is 1.51. The molecule has 2 nitrogen and oxygen atoms in total. The van der Waals surface area contributed by atoms with Crippen molar-refractivity contribution >= 4 is 23.2 Å². The molecule has 0 radical (unpaired) electrons. The monoisotopic (exact) mass is 647 g/mol. The van der Waals surface area contributed by atoms with Gasteiger partial charge in [-0.2, -0.15) is 0 Å². The average Bonchev–Trinajstić information content (AvgIpc) is 2.99. The van der Waals surface area contributed by atoms with Crippen LogP contribution in [-0.4, -0.2) is 17.4 Å². The van der Waals surface area contributed by atoms with E-state index in [0.29, 0.717) is 17.6 Å². The van der Waals surface area contributed by atoms with Gasteiger partial charge in [-0.05, 0) is 47.4 Å². The van der Waals surface area contributed by atoms with Crippen molar-refractivity contribution in [3.05, 3.63) is 125 Å². The molecule has 0 spiro atoms. The summed E-state index contributed by atoms with van der Waals surface area (Å²) < 4.78 is 0. The van der Waals surface area contributed by atoms with Crippen LogP contribution in [0.25, 0.3) is 11.1 Å². The van der Waals surface area contributed by atoms with Gasteiger partial charge in [0.05, 0.1) is 6.04 Å². The van der Waals surface area contributed by atoms with Gasteiger partial charge in [0.25, 0.3) is 0 Å². The Morgan fingerprint density at radius 3 is 1.88 bits per heavy atom. The summed E-state index contributed by atoms with van der Waals surface area (Å²) >= 11 is -0.826. The topological polar surface area (TPSA) is 32.6 Å². The summed E-state index contributed by atoms with van der Waals surface area (Å²) in [6.07, 6.45) is 5.55. The van der Waals surface area contributed by atoms with Crippen molar-refractivity contribution in [2.24, 2.45) is 16.8 Å². The Labute approximate surface area is 258 Å². The fraction of sp³-hybridized carbons (Fsp3) is 0.286. The molecule has 3 unspecified atom stereocenters. The van der Waals surface area contributed by atoms with Gasteiger partial charge in [0.1, 0.15) is 5.75 Å². The van der Waals surface area contributed by atoms with Crippen molar-refractivity contribution in [1.29, 1.82) is 0 Å². The number of phenolic OH excluding ortho intramolecular Hbond substituents is 1. The summed E-state index contributed by atoms with van der Waals surface area (Å²) in [5, 5.41) is 12.0. The number of phenols is 1. The maximum atomic E-state index is 12.0. The Hall–Kier alpha value is -2.19. The van der Waals surface area contributed by atoms with Crippen LogP contribution in [0.1, 0.15) is 62.3 Å². The van der Waals surface area contributed by atoms with Crippen molar-refractivity contribution in [1.82, 2.24) is 0 Å². The van der Waals surface area contributed by atoms with Crippen LogP contribution >= 0.6 is 17.0 Å². The first-order valence-electron chi connectivity index (χ1n) is 13.9. The third-order valence-corrected chi connectivity index (χ3v) is 8.60. The maximum absolute atomic E-state index is 12.0. The quantitative estimate of drug-likeness (QED) is 0.164. The Morgan fingerprint density at radius 2 is 1.32 bits per heavy atom. The molecule has 5 rings (SSSR count). The zero-order valence-electron chi connectivity index (χ0n) is 23.4. The molecule has 0 amide bonds. The SMILES string of the molecule is CC1CCCC(N=Cc2c(-c3ccccc3)ccc(C(C)(c3ccccc3)c3ccccc3)c2O)C1C.[Cl][Zr][Cl]. The molecule has 0 heterocycles. The van der Waals surface area contributed by atoms with Crippen LogP contribution in [0.4, 0.5) is 0 Å². The van der Waals surface area contributed by atoms with Crippen LogP contribution in [0, 0.1) is 11.8 Å². The molecule has 4 aromatic rings. The molecule has 1 N–H and O–H groups in total. The van der Waals surface area contributed by atoms with Gasteiger partial charge in [0.15, 0.2) is 0 Å². The zero-order chi connectivity index (χ0) is 28.5. The Kier molecular flexibility index (Phi) is 11.3. The van der Waals surface area contributed by atoms with E-state index in [1.54, 1.807) is 0 Å². The van der Waals surface area contributed by atoms with E-state index in [9.17, 15) is 5.11 Å². The van der Waals surface area contributed by atoms with E-state index in [-0.39, 0.29) is 6.04 Å². The van der Waals surface area contributed by atoms with Crippen LogP contribution in [0.5, 0.6) is 5.75 Å². The van der Waals surface area contributed by atoms with Gasteiger partial charge in [0, 0.05) is 22.8 Å². The number of hydrogen-bond donors (Lipinski definition) is 1. The zero-order valence-corrected chi connectivity index (χ0v) is 27.4. The third kappa shape index (κ3) is 6.81. The number of nitrogens with zero attached hydrogens (tertiary/aromatic N) is 1. The molecule has 1 saturated carbocycles. The molecule has 0 aliphatic heterocycles. The van der Waals surface area contributed by atoms with Gasteiger partial charge < -0.3 is 5.11 Å².